The molecule has 9 heteroatoms. The Balaban J connectivity index is 1.03. The Hall–Kier alpha value is -4.76. The van der Waals surface area contributed by atoms with E-state index in [0.29, 0.717) is 19.8 Å². The van der Waals surface area contributed by atoms with E-state index in [1.54, 1.807) is 11.8 Å². The minimum atomic E-state index is -0.210. The minimum absolute atomic E-state index is 0.112. The molecule has 5 aromatic rings. The lowest BCUT2D eigenvalue weighted by Gasteiger charge is -2.42. The molecule has 0 radical (unpaired) electrons. The van der Waals surface area contributed by atoms with Crippen LogP contribution < -0.4 is 14.5 Å². The van der Waals surface area contributed by atoms with Crippen LogP contribution in [0, 0.1) is 0 Å². The van der Waals surface area contributed by atoms with Crippen LogP contribution in [-0.2, 0) is 30.9 Å². The van der Waals surface area contributed by atoms with E-state index in [9.17, 15) is 4.79 Å². The summed E-state index contributed by atoms with van der Waals surface area (Å²) in [6.45, 7) is 3.88. The highest BCUT2D eigenvalue weighted by Crippen LogP contribution is 2.39. The maximum Gasteiger partial charge on any atom is 0.410 e. The van der Waals surface area contributed by atoms with Crippen molar-refractivity contribution in [1.29, 1.82) is 0 Å². The van der Waals surface area contributed by atoms with Crippen LogP contribution in [0.1, 0.15) is 35.2 Å². The number of piperazine rings is 1. The summed E-state index contributed by atoms with van der Waals surface area (Å²) in [5.41, 5.74) is 5.61. The highest BCUT2D eigenvalue weighted by molar-refractivity contribution is 7.98. The van der Waals surface area contributed by atoms with Crippen LogP contribution >= 0.6 is 11.8 Å². The molecule has 2 atom stereocenters. The summed E-state index contributed by atoms with van der Waals surface area (Å²) in [5.74, 6) is 1.89. The second-order valence-corrected chi connectivity index (χ2v) is 13.6. The number of rotatable bonds is 8. The van der Waals surface area contributed by atoms with Crippen LogP contribution in [0.5, 0.6) is 5.75 Å². The Kier molecular flexibility index (Phi) is 8.53. The monoisotopic (exact) mass is 657 g/mol. The molecular weight excluding hydrogens is 619 g/mol. The van der Waals surface area contributed by atoms with Crippen molar-refractivity contribution >= 4 is 40.1 Å². The molecule has 0 aliphatic carbocycles. The van der Waals surface area contributed by atoms with Crippen molar-refractivity contribution in [2.45, 2.75) is 56.3 Å². The van der Waals surface area contributed by atoms with Gasteiger partial charge in [0.1, 0.15) is 24.8 Å². The number of aromatic nitrogens is 2. The molecule has 4 heterocycles. The summed E-state index contributed by atoms with van der Waals surface area (Å²) in [5, 5.41) is 3.15. The molecule has 2 bridgehead atoms. The van der Waals surface area contributed by atoms with Crippen molar-refractivity contribution in [1.82, 2.24) is 14.9 Å². The number of thioether (sulfide) groups is 1. The third-order valence-corrected chi connectivity index (χ3v) is 10.4. The average Bonchev–Trinajstić information content (AvgIpc) is 3.41. The van der Waals surface area contributed by atoms with Crippen molar-refractivity contribution < 1.29 is 14.3 Å². The number of nitrogens with zero attached hydrogens (tertiary/aromatic N) is 5. The molecule has 2 saturated heterocycles. The topological polar surface area (TPSA) is 71.0 Å². The molecule has 8 rings (SSSR count). The number of carbonyl (C=O) groups is 1. The van der Waals surface area contributed by atoms with Gasteiger partial charge in [0, 0.05) is 42.3 Å². The van der Waals surface area contributed by atoms with Gasteiger partial charge in [-0.3, -0.25) is 4.90 Å². The first-order chi connectivity index (χ1) is 23.6. The first-order valence-corrected chi connectivity index (χ1v) is 18.0. The third-order valence-electron chi connectivity index (χ3n) is 9.81. The predicted octanol–water partition coefficient (Wildman–Crippen LogP) is 7.48. The molecule has 3 aliphatic rings. The maximum absolute atomic E-state index is 13.3. The van der Waals surface area contributed by atoms with Gasteiger partial charge in [-0.1, -0.05) is 96.7 Å². The summed E-state index contributed by atoms with van der Waals surface area (Å²) < 4.78 is 12.1. The standard InChI is InChI=1S/C39H39N5O3S/c1-48-38-40-35-24-42(36-21-32(20-29-14-8-9-15-33(29)36)46-25-27-10-4-2-5-11-27)19-18-34(35)37(41-38)43-22-30-16-17-31(23-43)44(30)39(45)47-26-28-12-6-3-7-13-28/h2-15,20-21,30-31H,16-19,22-26H2,1H3. The van der Waals surface area contributed by atoms with Crippen LogP contribution in [-0.4, -0.2) is 58.9 Å². The van der Waals surface area contributed by atoms with Crippen molar-refractivity contribution in [3.8, 4) is 5.75 Å². The first kappa shape index (κ1) is 30.6. The van der Waals surface area contributed by atoms with Gasteiger partial charge in [-0.15, -0.1) is 0 Å². The van der Waals surface area contributed by atoms with Gasteiger partial charge in [0.05, 0.1) is 24.3 Å². The van der Waals surface area contributed by atoms with E-state index >= 15 is 0 Å². The highest BCUT2D eigenvalue weighted by Gasteiger charge is 2.44. The number of amides is 1. The van der Waals surface area contributed by atoms with Gasteiger partial charge in [-0.2, -0.15) is 0 Å². The fraction of sp³-hybridized carbons (Fsp3) is 0.308. The van der Waals surface area contributed by atoms with Crippen LogP contribution in [0.3, 0.4) is 0 Å². The third kappa shape index (κ3) is 6.15. The quantitative estimate of drug-likeness (QED) is 0.126. The number of hydrogen-bond acceptors (Lipinski definition) is 8. The smallest absolute Gasteiger partial charge is 0.410 e. The van der Waals surface area contributed by atoms with E-state index in [-0.39, 0.29) is 18.2 Å². The maximum atomic E-state index is 13.3. The molecule has 8 nitrogen and oxygen atoms in total. The summed E-state index contributed by atoms with van der Waals surface area (Å²) >= 11 is 1.58. The van der Waals surface area contributed by atoms with E-state index in [0.717, 1.165) is 83.5 Å². The number of fused-ring (bicyclic) bond motifs is 4. The zero-order chi connectivity index (χ0) is 32.5. The summed E-state index contributed by atoms with van der Waals surface area (Å²) in [6.07, 6.45) is 4.63. The molecule has 2 unspecified atom stereocenters. The molecule has 48 heavy (non-hydrogen) atoms. The largest absolute Gasteiger partial charge is 0.489 e. The Morgan fingerprint density at radius 2 is 1.52 bits per heavy atom. The van der Waals surface area contributed by atoms with Crippen LogP contribution in [0.25, 0.3) is 10.8 Å². The van der Waals surface area contributed by atoms with Gasteiger partial charge in [-0.05, 0) is 48.1 Å². The summed E-state index contributed by atoms with van der Waals surface area (Å²) in [7, 11) is 0. The molecule has 4 aromatic carbocycles. The molecule has 244 valence electrons. The van der Waals surface area contributed by atoms with Gasteiger partial charge in [0.2, 0.25) is 0 Å². The van der Waals surface area contributed by atoms with E-state index in [2.05, 4.69) is 58.3 Å². The Morgan fingerprint density at radius 3 is 2.25 bits per heavy atom. The first-order valence-electron chi connectivity index (χ1n) is 16.7. The lowest BCUT2D eigenvalue weighted by molar-refractivity contribution is 0.0732. The zero-order valence-corrected chi connectivity index (χ0v) is 27.9. The van der Waals surface area contributed by atoms with Gasteiger partial charge in [0.15, 0.2) is 5.16 Å². The molecule has 0 spiro atoms. The second kappa shape index (κ2) is 13.4. The molecule has 2 fully saturated rings. The number of anilines is 2. The van der Waals surface area contributed by atoms with Gasteiger partial charge < -0.3 is 19.3 Å². The van der Waals surface area contributed by atoms with Gasteiger partial charge in [0.25, 0.3) is 0 Å². The molecule has 0 N–H and O–H groups in total. The fourth-order valence-corrected chi connectivity index (χ4v) is 7.84. The Bertz CT molecular complexity index is 1910. The van der Waals surface area contributed by atoms with E-state index in [1.165, 1.54) is 10.9 Å². The molecule has 1 aromatic heterocycles. The molecule has 0 saturated carbocycles. The lowest BCUT2D eigenvalue weighted by Crippen LogP contribution is -2.56. The fourth-order valence-electron chi connectivity index (χ4n) is 7.46. The molecule has 3 aliphatic heterocycles. The summed E-state index contributed by atoms with van der Waals surface area (Å²) in [4.78, 5) is 30.2. The predicted molar refractivity (Wildman–Crippen MR) is 191 cm³/mol. The van der Waals surface area contributed by atoms with E-state index < -0.39 is 0 Å². The Morgan fingerprint density at radius 1 is 0.833 bits per heavy atom. The SMILES string of the molecule is CSc1nc2c(c(N3CC4CCC(C3)N4C(=O)OCc3ccccc3)n1)CCN(c1cc(OCc3ccccc3)cc3ccccc13)C2. The molecule has 1 amide bonds. The van der Waals surface area contributed by atoms with E-state index in [1.807, 2.05) is 59.7 Å². The number of benzene rings is 4. The lowest BCUT2D eigenvalue weighted by atomic mass is 10.0. The van der Waals surface area contributed by atoms with Gasteiger partial charge >= 0.3 is 6.09 Å². The van der Waals surface area contributed by atoms with Crippen molar-refractivity contribution in [2.24, 2.45) is 0 Å². The van der Waals surface area contributed by atoms with Crippen molar-refractivity contribution in [3.05, 3.63) is 119 Å². The second-order valence-electron chi connectivity index (χ2n) is 12.8. The van der Waals surface area contributed by atoms with Gasteiger partial charge in [-0.25, -0.2) is 14.8 Å². The zero-order valence-electron chi connectivity index (χ0n) is 27.1. The minimum Gasteiger partial charge on any atom is -0.489 e. The normalized spacial score (nSPS) is 18.6. The summed E-state index contributed by atoms with van der Waals surface area (Å²) in [6, 6.07) is 33.3. The highest BCUT2D eigenvalue weighted by atomic mass is 32.2. The number of carbonyl (C=O) groups excluding carboxylic acids is 1. The van der Waals surface area contributed by atoms with Crippen molar-refractivity contribution in [2.75, 3.05) is 35.7 Å². The van der Waals surface area contributed by atoms with E-state index in [4.69, 9.17) is 19.4 Å². The van der Waals surface area contributed by atoms with Crippen LogP contribution in [0.2, 0.25) is 0 Å². The number of ether oxygens (including phenoxy) is 2. The molecular formula is C39H39N5O3S. The van der Waals surface area contributed by atoms with Crippen molar-refractivity contribution in [3.63, 3.8) is 0 Å². The number of hydrogen-bond donors (Lipinski definition) is 0. The van der Waals surface area contributed by atoms with Crippen LogP contribution in [0.15, 0.2) is 102 Å². The average molecular weight is 658 g/mol. The Labute approximate surface area is 285 Å². The van der Waals surface area contributed by atoms with Crippen LogP contribution in [0.4, 0.5) is 16.3 Å².